The van der Waals surface area contributed by atoms with Crippen LogP contribution in [0.4, 0.5) is 5.69 Å². The molecule has 1 atom stereocenters. The molecule has 3 N–H and O–H groups in total. The number of ether oxygens (including phenoxy) is 1. The molecule has 0 saturated heterocycles. The second-order valence-corrected chi connectivity index (χ2v) is 5.53. The number of nitrogens with one attached hydrogen (secondary N) is 1. The SMILES string of the molecule is COc1cccc(NC(CN)c2ccc(C)c(Br)c2)c1. The summed E-state index contributed by atoms with van der Waals surface area (Å²) in [6.45, 7) is 2.59. The van der Waals surface area contributed by atoms with Gasteiger partial charge >= 0.3 is 0 Å². The Balaban J connectivity index is 2.21. The number of hydrogen-bond acceptors (Lipinski definition) is 3. The smallest absolute Gasteiger partial charge is 0.120 e. The van der Waals surface area contributed by atoms with E-state index < -0.39 is 0 Å². The molecule has 2 aromatic carbocycles. The largest absolute Gasteiger partial charge is 0.497 e. The third-order valence-corrected chi connectivity index (χ3v) is 4.10. The van der Waals surface area contributed by atoms with Crippen LogP contribution in [-0.2, 0) is 0 Å². The van der Waals surface area contributed by atoms with Crippen molar-refractivity contribution < 1.29 is 4.74 Å². The van der Waals surface area contributed by atoms with E-state index in [0.717, 1.165) is 21.5 Å². The number of rotatable bonds is 5. The number of methoxy groups -OCH3 is 1. The van der Waals surface area contributed by atoms with Crippen molar-refractivity contribution in [2.75, 3.05) is 19.0 Å². The highest BCUT2D eigenvalue weighted by molar-refractivity contribution is 9.10. The zero-order valence-corrected chi connectivity index (χ0v) is 13.3. The number of halogens is 1. The Labute approximate surface area is 128 Å². The summed E-state index contributed by atoms with van der Waals surface area (Å²) >= 11 is 3.56. The van der Waals surface area contributed by atoms with E-state index in [0.29, 0.717) is 6.54 Å². The molecule has 0 spiro atoms. The Bertz CT molecular complexity index is 586. The topological polar surface area (TPSA) is 47.3 Å². The lowest BCUT2D eigenvalue weighted by Gasteiger charge is -2.19. The Hall–Kier alpha value is -1.52. The number of aryl methyl sites for hydroxylation is 1. The summed E-state index contributed by atoms with van der Waals surface area (Å²) in [7, 11) is 1.66. The highest BCUT2D eigenvalue weighted by Crippen LogP contribution is 2.25. The van der Waals surface area contributed by atoms with Crippen LogP contribution < -0.4 is 15.8 Å². The van der Waals surface area contributed by atoms with Gasteiger partial charge in [-0.05, 0) is 36.2 Å². The Morgan fingerprint density at radius 1 is 1.25 bits per heavy atom. The zero-order valence-electron chi connectivity index (χ0n) is 11.7. The van der Waals surface area contributed by atoms with Crippen LogP contribution in [0.1, 0.15) is 17.2 Å². The van der Waals surface area contributed by atoms with E-state index >= 15 is 0 Å². The Morgan fingerprint density at radius 3 is 2.70 bits per heavy atom. The molecule has 2 aromatic rings. The lowest BCUT2D eigenvalue weighted by Crippen LogP contribution is -2.20. The van der Waals surface area contributed by atoms with Crippen molar-refractivity contribution in [2.45, 2.75) is 13.0 Å². The van der Waals surface area contributed by atoms with Gasteiger partial charge in [0.05, 0.1) is 13.2 Å². The standard InChI is InChI=1S/C16H19BrN2O/c1-11-6-7-12(8-15(11)17)16(10-18)19-13-4-3-5-14(9-13)20-2/h3-9,16,19H,10,18H2,1-2H3. The van der Waals surface area contributed by atoms with Crippen LogP contribution in [0.2, 0.25) is 0 Å². The van der Waals surface area contributed by atoms with Crippen molar-refractivity contribution >= 4 is 21.6 Å². The second-order valence-electron chi connectivity index (χ2n) is 4.67. The van der Waals surface area contributed by atoms with E-state index in [2.05, 4.69) is 46.4 Å². The minimum Gasteiger partial charge on any atom is -0.497 e. The predicted molar refractivity (Wildman–Crippen MR) is 87.3 cm³/mol. The van der Waals surface area contributed by atoms with Crippen LogP contribution >= 0.6 is 15.9 Å². The van der Waals surface area contributed by atoms with Crippen LogP contribution in [0.25, 0.3) is 0 Å². The van der Waals surface area contributed by atoms with Crippen molar-refractivity contribution in [3.63, 3.8) is 0 Å². The molecule has 3 nitrogen and oxygen atoms in total. The van der Waals surface area contributed by atoms with Gasteiger partial charge in [-0.2, -0.15) is 0 Å². The lowest BCUT2D eigenvalue weighted by atomic mass is 10.0. The molecule has 4 heteroatoms. The molecule has 0 saturated carbocycles. The average molecular weight is 335 g/mol. The van der Waals surface area contributed by atoms with Crippen LogP contribution in [0.3, 0.4) is 0 Å². The summed E-state index contributed by atoms with van der Waals surface area (Å²) in [5, 5.41) is 3.44. The minimum absolute atomic E-state index is 0.0685. The fraction of sp³-hybridized carbons (Fsp3) is 0.250. The van der Waals surface area contributed by atoms with Gasteiger partial charge in [0.2, 0.25) is 0 Å². The third kappa shape index (κ3) is 3.52. The van der Waals surface area contributed by atoms with Gasteiger partial charge in [0, 0.05) is 22.8 Å². The number of anilines is 1. The summed E-state index contributed by atoms with van der Waals surface area (Å²) in [6, 6.07) is 14.2. The quantitative estimate of drug-likeness (QED) is 0.872. The van der Waals surface area contributed by atoms with Gasteiger partial charge in [0.25, 0.3) is 0 Å². The van der Waals surface area contributed by atoms with Gasteiger partial charge in [-0.3, -0.25) is 0 Å². The van der Waals surface area contributed by atoms with E-state index in [1.165, 1.54) is 5.56 Å². The summed E-state index contributed by atoms with van der Waals surface area (Å²) in [6.07, 6.45) is 0. The first kappa shape index (κ1) is 14.9. The molecule has 0 fully saturated rings. The number of nitrogens with two attached hydrogens (primary N) is 1. The van der Waals surface area contributed by atoms with Gasteiger partial charge in [0.15, 0.2) is 0 Å². The maximum absolute atomic E-state index is 5.90. The van der Waals surface area contributed by atoms with Crippen LogP contribution in [-0.4, -0.2) is 13.7 Å². The van der Waals surface area contributed by atoms with Crippen molar-refractivity contribution in [2.24, 2.45) is 5.73 Å². The second kappa shape index (κ2) is 6.77. The molecule has 1 unspecified atom stereocenters. The number of benzene rings is 2. The van der Waals surface area contributed by atoms with Gasteiger partial charge in [-0.25, -0.2) is 0 Å². The molecule has 0 heterocycles. The molecule has 0 aromatic heterocycles. The molecule has 20 heavy (non-hydrogen) atoms. The molecule has 0 bridgehead atoms. The normalized spacial score (nSPS) is 12.0. The first-order valence-electron chi connectivity index (χ1n) is 6.50. The molecule has 0 aliphatic carbocycles. The van der Waals surface area contributed by atoms with Crippen LogP contribution in [0.5, 0.6) is 5.75 Å². The fourth-order valence-corrected chi connectivity index (χ4v) is 2.41. The van der Waals surface area contributed by atoms with Crippen LogP contribution in [0.15, 0.2) is 46.9 Å². The fourth-order valence-electron chi connectivity index (χ4n) is 2.02. The molecule has 0 aliphatic heterocycles. The summed E-state index contributed by atoms with van der Waals surface area (Å²) in [5.74, 6) is 0.829. The van der Waals surface area contributed by atoms with Gasteiger partial charge in [-0.1, -0.05) is 34.1 Å². The molecule has 0 radical (unpaired) electrons. The molecule has 106 valence electrons. The molecule has 0 amide bonds. The molecular formula is C16H19BrN2O. The first-order chi connectivity index (χ1) is 9.63. The molecular weight excluding hydrogens is 316 g/mol. The first-order valence-corrected chi connectivity index (χ1v) is 7.30. The predicted octanol–water partition coefficient (Wildman–Crippen LogP) is 3.88. The van der Waals surface area contributed by atoms with E-state index in [4.69, 9.17) is 10.5 Å². The summed E-state index contributed by atoms with van der Waals surface area (Å²) in [5.41, 5.74) is 9.27. The Morgan fingerprint density at radius 2 is 2.05 bits per heavy atom. The zero-order chi connectivity index (χ0) is 14.5. The van der Waals surface area contributed by atoms with Crippen molar-refractivity contribution in [3.8, 4) is 5.75 Å². The van der Waals surface area contributed by atoms with Gasteiger partial charge in [-0.15, -0.1) is 0 Å². The summed E-state index contributed by atoms with van der Waals surface area (Å²) < 4.78 is 6.33. The van der Waals surface area contributed by atoms with Crippen molar-refractivity contribution in [1.82, 2.24) is 0 Å². The Kier molecular flexibility index (Phi) is 5.04. The highest BCUT2D eigenvalue weighted by atomic mass is 79.9. The lowest BCUT2D eigenvalue weighted by molar-refractivity contribution is 0.415. The average Bonchev–Trinajstić information content (AvgIpc) is 2.48. The summed E-state index contributed by atoms with van der Waals surface area (Å²) in [4.78, 5) is 0. The minimum atomic E-state index is 0.0685. The maximum atomic E-state index is 5.90. The maximum Gasteiger partial charge on any atom is 0.120 e. The monoisotopic (exact) mass is 334 g/mol. The number of hydrogen-bond donors (Lipinski definition) is 2. The van der Waals surface area contributed by atoms with Gasteiger partial charge < -0.3 is 15.8 Å². The molecule has 0 aliphatic rings. The van der Waals surface area contributed by atoms with E-state index in [1.54, 1.807) is 7.11 Å². The van der Waals surface area contributed by atoms with Crippen molar-refractivity contribution in [3.05, 3.63) is 58.1 Å². The molecule has 2 rings (SSSR count). The van der Waals surface area contributed by atoms with E-state index in [1.807, 2.05) is 24.3 Å². The van der Waals surface area contributed by atoms with Crippen LogP contribution in [0, 0.1) is 6.92 Å². The van der Waals surface area contributed by atoms with E-state index in [-0.39, 0.29) is 6.04 Å². The van der Waals surface area contributed by atoms with E-state index in [9.17, 15) is 0 Å². The highest BCUT2D eigenvalue weighted by Gasteiger charge is 2.11. The van der Waals surface area contributed by atoms with Gasteiger partial charge in [0.1, 0.15) is 5.75 Å². The van der Waals surface area contributed by atoms with Crippen molar-refractivity contribution in [1.29, 1.82) is 0 Å². The third-order valence-electron chi connectivity index (χ3n) is 3.24.